The molecule has 0 spiro atoms. The largest absolute Gasteiger partial charge is 0.503 e. The van der Waals surface area contributed by atoms with Crippen LogP contribution in [-0.2, 0) is 11.3 Å². The number of carbonyl (C=O) groups excluding carboxylic acids is 1. The Morgan fingerprint density at radius 1 is 1.03 bits per heavy atom. The maximum Gasteiger partial charge on any atom is 0.290 e. The van der Waals surface area contributed by atoms with Crippen LogP contribution in [0.4, 0.5) is 0 Å². The summed E-state index contributed by atoms with van der Waals surface area (Å²) >= 11 is 9.62. The van der Waals surface area contributed by atoms with Gasteiger partial charge in [-0.25, -0.2) is 0 Å². The van der Waals surface area contributed by atoms with Crippen molar-refractivity contribution in [3.63, 3.8) is 0 Å². The second-order valence-corrected chi connectivity index (χ2v) is 8.27. The molecule has 1 heterocycles. The Hall–Kier alpha value is -2.76. The molecule has 0 aliphatic carbocycles. The van der Waals surface area contributed by atoms with Crippen molar-refractivity contribution >= 4 is 39.0 Å². The van der Waals surface area contributed by atoms with Gasteiger partial charge in [-0.05, 0) is 47.0 Å². The van der Waals surface area contributed by atoms with Crippen molar-refractivity contribution in [2.24, 2.45) is 0 Å². The molecule has 4 rings (SSSR count). The SMILES string of the molecule is COc1ccc(C2=C(O)C(=O)N(Cc3ccc(Cl)cc3)[C@H]2c2ccccc2Br)cc1. The lowest BCUT2D eigenvalue weighted by atomic mass is 9.93. The first-order valence-electron chi connectivity index (χ1n) is 9.37. The second-order valence-electron chi connectivity index (χ2n) is 6.97. The third-order valence-electron chi connectivity index (χ3n) is 5.17. The molecule has 30 heavy (non-hydrogen) atoms. The molecule has 0 radical (unpaired) electrons. The number of rotatable bonds is 5. The average molecular weight is 485 g/mol. The molecule has 152 valence electrons. The lowest BCUT2D eigenvalue weighted by Gasteiger charge is -2.28. The zero-order chi connectivity index (χ0) is 21.3. The van der Waals surface area contributed by atoms with Gasteiger partial charge in [-0.2, -0.15) is 0 Å². The third kappa shape index (κ3) is 3.83. The molecule has 0 aromatic heterocycles. The monoisotopic (exact) mass is 483 g/mol. The van der Waals surface area contributed by atoms with Gasteiger partial charge in [-0.15, -0.1) is 0 Å². The topological polar surface area (TPSA) is 49.8 Å². The summed E-state index contributed by atoms with van der Waals surface area (Å²) in [5, 5.41) is 11.5. The average Bonchev–Trinajstić information content (AvgIpc) is 3.00. The van der Waals surface area contributed by atoms with Gasteiger partial charge >= 0.3 is 0 Å². The van der Waals surface area contributed by atoms with E-state index in [-0.39, 0.29) is 5.76 Å². The molecule has 0 saturated heterocycles. The maximum absolute atomic E-state index is 13.1. The van der Waals surface area contributed by atoms with Gasteiger partial charge in [0.25, 0.3) is 5.91 Å². The first kappa shape index (κ1) is 20.5. The highest BCUT2D eigenvalue weighted by Gasteiger charge is 2.41. The van der Waals surface area contributed by atoms with Gasteiger partial charge in [0.2, 0.25) is 0 Å². The predicted molar refractivity (Wildman–Crippen MR) is 121 cm³/mol. The van der Waals surface area contributed by atoms with Crippen LogP contribution in [0.5, 0.6) is 5.75 Å². The lowest BCUT2D eigenvalue weighted by Crippen LogP contribution is -2.30. The highest BCUT2D eigenvalue weighted by Crippen LogP contribution is 2.45. The summed E-state index contributed by atoms with van der Waals surface area (Å²) in [6, 6.07) is 22.0. The van der Waals surface area contributed by atoms with E-state index in [4.69, 9.17) is 16.3 Å². The number of aliphatic hydroxyl groups excluding tert-OH is 1. The van der Waals surface area contributed by atoms with Crippen LogP contribution < -0.4 is 4.74 Å². The van der Waals surface area contributed by atoms with Gasteiger partial charge in [0.15, 0.2) is 5.76 Å². The minimum atomic E-state index is -0.447. The fraction of sp³-hybridized carbons (Fsp3) is 0.125. The summed E-state index contributed by atoms with van der Waals surface area (Å²) in [6.07, 6.45) is 0. The van der Waals surface area contributed by atoms with Crippen LogP contribution in [0.15, 0.2) is 83.0 Å². The standard InChI is InChI=1S/C24H19BrClNO3/c1-30-18-12-8-16(9-13-18)21-22(19-4-2-3-5-20(19)25)27(24(29)23(21)28)14-15-6-10-17(26)11-7-15/h2-13,22,28H,14H2,1H3/t22-/m0/s1. The molecule has 3 aromatic carbocycles. The summed E-state index contributed by atoms with van der Waals surface area (Å²) in [5.74, 6) is 0.0602. The second kappa shape index (κ2) is 8.54. The molecule has 1 atom stereocenters. The van der Waals surface area contributed by atoms with E-state index in [1.54, 1.807) is 24.1 Å². The summed E-state index contributed by atoms with van der Waals surface area (Å²) < 4.78 is 6.11. The molecular weight excluding hydrogens is 466 g/mol. The lowest BCUT2D eigenvalue weighted by molar-refractivity contribution is -0.130. The molecule has 4 nitrogen and oxygen atoms in total. The Morgan fingerprint density at radius 3 is 2.33 bits per heavy atom. The molecular formula is C24H19BrClNO3. The summed E-state index contributed by atoms with van der Waals surface area (Å²) in [5.41, 5.74) is 3.16. The molecule has 0 bridgehead atoms. The number of benzene rings is 3. The van der Waals surface area contributed by atoms with Gasteiger partial charge < -0.3 is 14.7 Å². The number of halogens is 2. The van der Waals surface area contributed by atoms with Crippen molar-refractivity contribution in [1.29, 1.82) is 0 Å². The molecule has 1 aliphatic rings. The van der Waals surface area contributed by atoms with Gasteiger partial charge in [0.05, 0.1) is 13.2 Å². The molecule has 1 amide bonds. The zero-order valence-electron chi connectivity index (χ0n) is 16.2. The number of nitrogens with zero attached hydrogens (tertiary/aromatic N) is 1. The van der Waals surface area contributed by atoms with Crippen molar-refractivity contribution in [2.75, 3.05) is 7.11 Å². The molecule has 1 N–H and O–H groups in total. The first-order valence-corrected chi connectivity index (χ1v) is 10.5. The van der Waals surface area contributed by atoms with Gasteiger partial charge in [-0.3, -0.25) is 4.79 Å². The van der Waals surface area contributed by atoms with E-state index >= 15 is 0 Å². The van der Waals surface area contributed by atoms with Crippen LogP contribution in [-0.4, -0.2) is 23.0 Å². The van der Waals surface area contributed by atoms with Crippen molar-refractivity contribution in [3.05, 3.63) is 105 Å². The number of aliphatic hydroxyl groups is 1. The van der Waals surface area contributed by atoms with Gasteiger partial charge in [-0.1, -0.05) is 70.0 Å². The van der Waals surface area contributed by atoms with E-state index in [0.29, 0.717) is 22.9 Å². The summed E-state index contributed by atoms with van der Waals surface area (Å²) in [6.45, 7) is 0.339. The molecule has 6 heteroatoms. The number of amides is 1. The molecule has 3 aromatic rings. The van der Waals surface area contributed by atoms with Gasteiger partial charge in [0, 0.05) is 21.6 Å². The minimum absolute atomic E-state index is 0.241. The van der Waals surface area contributed by atoms with Gasteiger partial charge in [0.1, 0.15) is 5.75 Å². The highest BCUT2D eigenvalue weighted by atomic mass is 79.9. The number of hydrogen-bond donors (Lipinski definition) is 1. The van der Waals surface area contributed by atoms with Crippen LogP contribution in [0.2, 0.25) is 5.02 Å². The Morgan fingerprint density at radius 2 is 1.70 bits per heavy atom. The first-order chi connectivity index (χ1) is 14.5. The van der Waals surface area contributed by atoms with Crippen LogP contribution in [0.3, 0.4) is 0 Å². The number of hydrogen-bond acceptors (Lipinski definition) is 3. The molecule has 0 fully saturated rings. The van der Waals surface area contributed by atoms with E-state index in [1.807, 2.05) is 60.7 Å². The van der Waals surface area contributed by atoms with E-state index < -0.39 is 11.9 Å². The normalized spacial score (nSPS) is 16.3. The van der Waals surface area contributed by atoms with Crippen molar-refractivity contribution < 1.29 is 14.6 Å². The van der Waals surface area contributed by atoms with E-state index in [0.717, 1.165) is 21.2 Å². The quantitative estimate of drug-likeness (QED) is 0.471. The number of ether oxygens (including phenoxy) is 1. The Kier molecular flexibility index (Phi) is 5.84. The Bertz CT molecular complexity index is 1110. The third-order valence-corrected chi connectivity index (χ3v) is 6.14. The predicted octanol–water partition coefficient (Wildman–Crippen LogP) is 6.16. The number of carbonyl (C=O) groups is 1. The van der Waals surface area contributed by atoms with E-state index in [9.17, 15) is 9.90 Å². The van der Waals surface area contributed by atoms with Crippen molar-refractivity contribution in [2.45, 2.75) is 12.6 Å². The smallest absolute Gasteiger partial charge is 0.290 e. The van der Waals surface area contributed by atoms with Crippen molar-refractivity contribution in [1.82, 2.24) is 4.90 Å². The molecule has 0 saturated carbocycles. The fourth-order valence-electron chi connectivity index (χ4n) is 3.69. The Balaban J connectivity index is 1.81. The molecule has 0 unspecified atom stereocenters. The van der Waals surface area contributed by atoms with Crippen LogP contribution in [0.1, 0.15) is 22.7 Å². The number of methoxy groups -OCH3 is 1. The zero-order valence-corrected chi connectivity index (χ0v) is 18.5. The van der Waals surface area contributed by atoms with Crippen molar-refractivity contribution in [3.8, 4) is 5.75 Å². The van der Waals surface area contributed by atoms with Crippen LogP contribution >= 0.6 is 27.5 Å². The minimum Gasteiger partial charge on any atom is -0.503 e. The summed E-state index contributed by atoms with van der Waals surface area (Å²) in [7, 11) is 1.60. The fourth-order valence-corrected chi connectivity index (χ4v) is 4.32. The summed E-state index contributed by atoms with van der Waals surface area (Å²) in [4.78, 5) is 14.8. The van der Waals surface area contributed by atoms with Crippen LogP contribution in [0.25, 0.3) is 5.57 Å². The van der Waals surface area contributed by atoms with E-state index in [1.165, 1.54) is 0 Å². The molecule has 1 aliphatic heterocycles. The maximum atomic E-state index is 13.1. The highest BCUT2D eigenvalue weighted by molar-refractivity contribution is 9.10. The Labute approximate surface area is 188 Å². The van der Waals surface area contributed by atoms with E-state index in [2.05, 4.69) is 15.9 Å². The van der Waals surface area contributed by atoms with Crippen LogP contribution in [0, 0.1) is 0 Å².